The fourth-order valence-electron chi connectivity index (χ4n) is 3.02. The molecule has 3 rings (SSSR count). The van der Waals surface area contributed by atoms with Gasteiger partial charge in [0.25, 0.3) is 0 Å². The quantitative estimate of drug-likeness (QED) is 0.756. The van der Waals surface area contributed by atoms with E-state index in [0.717, 1.165) is 0 Å². The summed E-state index contributed by atoms with van der Waals surface area (Å²) >= 11 is 0. The second kappa shape index (κ2) is 6.79. The zero-order valence-corrected chi connectivity index (χ0v) is 14.1. The SMILES string of the molecule is CC(C)[C@@H](CO)NC(=O)C1CC(=O)N(c2n[nH]c3cccc(F)c23)C1. The lowest BCUT2D eigenvalue weighted by Crippen LogP contribution is -2.44. The average molecular weight is 348 g/mol. The van der Waals surface area contributed by atoms with Gasteiger partial charge in [0, 0.05) is 13.0 Å². The van der Waals surface area contributed by atoms with Crippen LogP contribution in [0.2, 0.25) is 0 Å². The van der Waals surface area contributed by atoms with Gasteiger partial charge in [-0.2, -0.15) is 5.10 Å². The van der Waals surface area contributed by atoms with Gasteiger partial charge in [0.2, 0.25) is 11.8 Å². The molecule has 0 aliphatic carbocycles. The third-order valence-corrected chi connectivity index (χ3v) is 4.60. The van der Waals surface area contributed by atoms with Gasteiger partial charge < -0.3 is 10.4 Å². The van der Waals surface area contributed by atoms with Crippen LogP contribution in [0.15, 0.2) is 18.2 Å². The number of rotatable bonds is 5. The maximum Gasteiger partial charge on any atom is 0.229 e. The number of hydrogen-bond acceptors (Lipinski definition) is 4. The van der Waals surface area contributed by atoms with E-state index in [1.807, 2.05) is 13.8 Å². The molecule has 0 saturated carbocycles. The number of benzene rings is 1. The van der Waals surface area contributed by atoms with Crippen LogP contribution >= 0.6 is 0 Å². The van der Waals surface area contributed by atoms with Gasteiger partial charge in [0.05, 0.1) is 29.5 Å². The number of fused-ring (bicyclic) bond motifs is 1. The van der Waals surface area contributed by atoms with Crippen molar-refractivity contribution >= 4 is 28.5 Å². The van der Waals surface area contributed by atoms with Gasteiger partial charge in [-0.05, 0) is 18.1 Å². The van der Waals surface area contributed by atoms with Crippen LogP contribution < -0.4 is 10.2 Å². The Morgan fingerprint density at radius 1 is 1.52 bits per heavy atom. The number of halogens is 1. The van der Waals surface area contributed by atoms with Crippen LogP contribution in [0.4, 0.5) is 10.2 Å². The van der Waals surface area contributed by atoms with Gasteiger partial charge in [-0.3, -0.25) is 19.6 Å². The largest absolute Gasteiger partial charge is 0.394 e. The average Bonchev–Trinajstić information content (AvgIpc) is 3.16. The molecule has 1 aromatic carbocycles. The lowest BCUT2D eigenvalue weighted by Gasteiger charge is -2.22. The number of amides is 2. The van der Waals surface area contributed by atoms with E-state index in [9.17, 15) is 19.1 Å². The Morgan fingerprint density at radius 3 is 2.96 bits per heavy atom. The monoisotopic (exact) mass is 348 g/mol. The standard InChI is InChI=1S/C17H21FN4O3/c1-9(2)13(8-23)19-17(25)10-6-14(24)22(7-10)16-15-11(18)4-3-5-12(15)20-21-16/h3-5,9-10,13,23H,6-8H2,1-2H3,(H,19,25)(H,20,21)/t10?,13-/m1/s1. The Balaban J connectivity index is 1.79. The molecular formula is C17H21FN4O3. The molecule has 0 spiro atoms. The second-order valence-corrected chi connectivity index (χ2v) is 6.66. The van der Waals surface area contributed by atoms with Crippen LogP contribution in [-0.2, 0) is 9.59 Å². The molecule has 2 atom stereocenters. The lowest BCUT2D eigenvalue weighted by atomic mass is 10.0. The van der Waals surface area contributed by atoms with E-state index in [1.165, 1.54) is 11.0 Å². The summed E-state index contributed by atoms with van der Waals surface area (Å²) in [6.07, 6.45) is 0.0326. The number of nitrogens with one attached hydrogen (secondary N) is 2. The number of anilines is 1. The molecule has 2 heterocycles. The molecule has 25 heavy (non-hydrogen) atoms. The van der Waals surface area contributed by atoms with Crippen molar-refractivity contribution in [3.05, 3.63) is 24.0 Å². The summed E-state index contributed by atoms with van der Waals surface area (Å²) in [7, 11) is 0. The normalized spacial score (nSPS) is 19.0. The second-order valence-electron chi connectivity index (χ2n) is 6.66. The topological polar surface area (TPSA) is 98.3 Å². The molecule has 0 radical (unpaired) electrons. The van der Waals surface area contributed by atoms with Crippen LogP contribution in [0, 0.1) is 17.7 Å². The molecule has 1 aliphatic rings. The summed E-state index contributed by atoms with van der Waals surface area (Å²) in [4.78, 5) is 26.1. The third-order valence-electron chi connectivity index (χ3n) is 4.60. The van der Waals surface area contributed by atoms with Crippen molar-refractivity contribution in [1.82, 2.24) is 15.5 Å². The van der Waals surface area contributed by atoms with Gasteiger partial charge in [-0.1, -0.05) is 19.9 Å². The van der Waals surface area contributed by atoms with Crippen molar-refractivity contribution in [2.45, 2.75) is 26.3 Å². The summed E-state index contributed by atoms with van der Waals surface area (Å²) in [5.41, 5.74) is 0.496. The first kappa shape index (κ1) is 17.3. The summed E-state index contributed by atoms with van der Waals surface area (Å²) in [6.45, 7) is 3.76. The maximum atomic E-state index is 14.1. The summed E-state index contributed by atoms with van der Waals surface area (Å²) < 4.78 is 14.1. The highest BCUT2D eigenvalue weighted by Crippen LogP contribution is 2.31. The van der Waals surface area contributed by atoms with Gasteiger partial charge in [0.15, 0.2) is 5.82 Å². The highest BCUT2D eigenvalue weighted by atomic mass is 19.1. The van der Waals surface area contributed by atoms with E-state index in [-0.39, 0.29) is 54.6 Å². The van der Waals surface area contributed by atoms with Crippen LogP contribution in [0.5, 0.6) is 0 Å². The van der Waals surface area contributed by atoms with Crippen molar-refractivity contribution in [2.75, 3.05) is 18.1 Å². The predicted molar refractivity (Wildman–Crippen MR) is 90.4 cm³/mol. The number of carbonyl (C=O) groups is 2. The van der Waals surface area contributed by atoms with Crippen molar-refractivity contribution < 1.29 is 19.1 Å². The number of aromatic amines is 1. The van der Waals surface area contributed by atoms with Gasteiger partial charge >= 0.3 is 0 Å². The number of H-pyrrole nitrogens is 1. The molecule has 134 valence electrons. The van der Waals surface area contributed by atoms with Gasteiger partial charge in [-0.25, -0.2) is 4.39 Å². The smallest absolute Gasteiger partial charge is 0.229 e. The minimum Gasteiger partial charge on any atom is -0.394 e. The molecule has 1 fully saturated rings. The van der Waals surface area contributed by atoms with Gasteiger partial charge in [0.1, 0.15) is 5.82 Å². The highest BCUT2D eigenvalue weighted by Gasteiger charge is 2.38. The number of hydrogen-bond donors (Lipinski definition) is 3. The molecule has 0 bridgehead atoms. The third kappa shape index (κ3) is 3.21. The zero-order valence-electron chi connectivity index (χ0n) is 14.1. The summed E-state index contributed by atoms with van der Waals surface area (Å²) in [5, 5.41) is 19.1. The van der Waals surface area contributed by atoms with E-state index in [4.69, 9.17) is 0 Å². The number of aliphatic hydroxyl groups is 1. The first-order valence-corrected chi connectivity index (χ1v) is 8.26. The van der Waals surface area contributed by atoms with Crippen molar-refractivity contribution in [3.63, 3.8) is 0 Å². The molecule has 1 aromatic heterocycles. The molecule has 2 amide bonds. The van der Waals surface area contributed by atoms with Crippen LogP contribution in [0.25, 0.3) is 10.9 Å². The summed E-state index contributed by atoms with van der Waals surface area (Å²) in [5.74, 6) is -1.31. The highest BCUT2D eigenvalue weighted by molar-refractivity contribution is 6.05. The van der Waals surface area contributed by atoms with E-state index in [1.54, 1.807) is 12.1 Å². The Bertz CT molecular complexity index is 804. The Kier molecular flexibility index (Phi) is 4.71. The molecule has 1 saturated heterocycles. The van der Waals surface area contributed by atoms with E-state index < -0.39 is 11.7 Å². The molecule has 8 heteroatoms. The number of aliphatic hydroxyl groups excluding tert-OH is 1. The first-order valence-electron chi connectivity index (χ1n) is 8.26. The lowest BCUT2D eigenvalue weighted by molar-refractivity contribution is -0.127. The predicted octanol–water partition coefficient (Wildman–Crippen LogP) is 1.19. The Morgan fingerprint density at radius 2 is 2.28 bits per heavy atom. The fraction of sp³-hybridized carbons (Fsp3) is 0.471. The minimum absolute atomic E-state index is 0.0326. The molecular weight excluding hydrogens is 327 g/mol. The van der Waals surface area contributed by atoms with Gasteiger partial charge in [-0.15, -0.1) is 0 Å². The Labute approximate surface area is 144 Å². The van der Waals surface area contributed by atoms with E-state index in [2.05, 4.69) is 15.5 Å². The number of aromatic nitrogens is 2. The van der Waals surface area contributed by atoms with Crippen LogP contribution in [0.1, 0.15) is 20.3 Å². The summed E-state index contributed by atoms with van der Waals surface area (Å²) in [6, 6.07) is 4.18. The van der Waals surface area contributed by atoms with Crippen molar-refractivity contribution in [2.24, 2.45) is 11.8 Å². The molecule has 3 N–H and O–H groups in total. The molecule has 2 aromatic rings. The van der Waals surface area contributed by atoms with Crippen LogP contribution in [0.3, 0.4) is 0 Å². The maximum absolute atomic E-state index is 14.1. The number of nitrogens with zero attached hydrogens (tertiary/aromatic N) is 2. The minimum atomic E-state index is -0.557. The van der Waals surface area contributed by atoms with E-state index >= 15 is 0 Å². The Hall–Kier alpha value is -2.48. The van der Waals surface area contributed by atoms with E-state index in [0.29, 0.717) is 5.52 Å². The fourth-order valence-corrected chi connectivity index (χ4v) is 3.02. The van der Waals surface area contributed by atoms with Crippen LogP contribution in [-0.4, -0.2) is 46.3 Å². The first-order chi connectivity index (χ1) is 11.9. The molecule has 1 aliphatic heterocycles. The van der Waals surface area contributed by atoms with Crippen molar-refractivity contribution in [3.8, 4) is 0 Å². The number of carbonyl (C=O) groups excluding carboxylic acids is 2. The van der Waals surface area contributed by atoms with Crippen molar-refractivity contribution in [1.29, 1.82) is 0 Å². The molecule has 7 nitrogen and oxygen atoms in total. The zero-order chi connectivity index (χ0) is 18.1. The molecule has 1 unspecified atom stereocenters.